The van der Waals surface area contributed by atoms with Crippen molar-refractivity contribution in [1.29, 1.82) is 0 Å². The molecule has 2 aliphatic rings. The van der Waals surface area contributed by atoms with Gasteiger partial charge in [-0.3, -0.25) is 4.79 Å². The molecule has 2 rings (SSSR count). The van der Waals surface area contributed by atoms with Gasteiger partial charge in [0.15, 0.2) is 0 Å². The van der Waals surface area contributed by atoms with E-state index < -0.39 is 0 Å². The molecule has 1 amide bonds. The molecular weight excluding hydrogens is 238 g/mol. The molecule has 0 aromatic carbocycles. The molecule has 0 radical (unpaired) electrons. The van der Waals surface area contributed by atoms with Crippen LogP contribution in [0.4, 0.5) is 0 Å². The van der Waals surface area contributed by atoms with Crippen LogP contribution in [0, 0.1) is 11.3 Å². The molecule has 19 heavy (non-hydrogen) atoms. The van der Waals surface area contributed by atoms with Crippen LogP contribution in [-0.2, 0) is 4.79 Å². The van der Waals surface area contributed by atoms with Crippen LogP contribution >= 0.6 is 0 Å². The van der Waals surface area contributed by atoms with E-state index in [0.717, 1.165) is 39.0 Å². The second kappa shape index (κ2) is 6.71. The topological polar surface area (TPSA) is 44.4 Å². The summed E-state index contributed by atoms with van der Waals surface area (Å²) in [5, 5.41) is 6.54. The lowest BCUT2D eigenvalue weighted by Gasteiger charge is -2.34. The molecule has 1 atom stereocenters. The zero-order chi connectivity index (χ0) is 13.7. The molecule has 2 N–H and O–H groups in total. The van der Waals surface area contributed by atoms with Gasteiger partial charge < -0.3 is 15.5 Å². The molecular formula is C15H29N3O. The fourth-order valence-corrected chi connectivity index (χ4v) is 3.21. The highest BCUT2D eigenvalue weighted by molar-refractivity contribution is 5.82. The van der Waals surface area contributed by atoms with Gasteiger partial charge in [0.05, 0.1) is 5.41 Å². The molecule has 2 fully saturated rings. The van der Waals surface area contributed by atoms with Crippen LogP contribution in [0.25, 0.3) is 0 Å². The molecule has 0 aromatic heterocycles. The molecule has 0 aliphatic carbocycles. The van der Waals surface area contributed by atoms with E-state index in [1.165, 1.54) is 25.9 Å². The Balaban J connectivity index is 1.71. The minimum atomic E-state index is -0.192. The number of carbonyl (C=O) groups excluding carboxylic acids is 1. The van der Waals surface area contributed by atoms with E-state index >= 15 is 0 Å². The van der Waals surface area contributed by atoms with E-state index in [9.17, 15) is 4.79 Å². The lowest BCUT2D eigenvalue weighted by molar-refractivity contribution is -0.131. The third kappa shape index (κ3) is 3.93. The molecule has 2 saturated heterocycles. The molecule has 4 nitrogen and oxygen atoms in total. The van der Waals surface area contributed by atoms with Crippen molar-refractivity contribution in [3.63, 3.8) is 0 Å². The fraction of sp³-hybridized carbons (Fsp3) is 0.933. The second-order valence-corrected chi connectivity index (χ2v) is 6.43. The maximum absolute atomic E-state index is 12.3. The molecule has 0 bridgehead atoms. The van der Waals surface area contributed by atoms with Crippen LogP contribution in [0.1, 0.15) is 39.5 Å². The first-order chi connectivity index (χ1) is 9.14. The SMILES string of the molecule is CCN1CCC(CNC(=O)C2(C)CCCNC2)CC1. The first-order valence-electron chi connectivity index (χ1n) is 7.85. The number of nitrogens with zero attached hydrogens (tertiary/aromatic N) is 1. The van der Waals surface area contributed by atoms with Gasteiger partial charge in [-0.05, 0) is 64.7 Å². The summed E-state index contributed by atoms with van der Waals surface area (Å²) in [4.78, 5) is 14.8. The van der Waals surface area contributed by atoms with Crippen molar-refractivity contribution in [2.75, 3.05) is 39.3 Å². The highest BCUT2D eigenvalue weighted by atomic mass is 16.2. The Morgan fingerprint density at radius 1 is 1.42 bits per heavy atom. The van der Waals surface area contributed by atoms with Crippen molar-refractivity contribution >= 4 is 5.91 Å². The van der Waals surface area contributed by atoms with Gasteiger partial charge >= 0.3 is 0 Å². The molecule has 4 heteroatoms. The lowest BCUT2D eigenvalue weighted by Crippen LogP contribution is -2.50. The maximum Gasteiger partial charge on any atom is 0.227 e. The van der Waals surface area contributed by atoms with E-state index in [1.54, 1.807) is 0 Å². The zero-order valence-corrected chi connectivity index (χ0v) is 12.5. The van der Waals surface area contributed by atoms with Gasteiger partial charge in [-0.25, -0.2) is 0 Å². The first kappa shape index (κ1) is 14.8. The molecule has 0 aromatic rings. The zero-order valence-electron chi connectivity index (χ0n) is 12.5. The van der Waals surface area contributed by atoms with Crippen molar-refractivity contribution < 1.29 is 4.79 Å². The summed E-state index contributed by atoms with van der Waals surface area (Å²) in [6.45, 7) is 10.6. The van der Waals surface area contributed by atoms with Gasteiger partial charge in [0, 0.05) is 13.1 Å². The number of nitrogens with one attached hydrogen (secondary N) is 2. The van der Waals surface area contributed by atoms with E-state index in [0.29, 0.717) is 5.92 Å². The average Bonchev–Trinajstić information content (AvgIpc) is 2.46. The highest BCUT2D eigenvalue weighted by Gasteiger charge is 2.34. The Labute approximate surface area is 117 Å². The van der Waals surface area contributed by atoms with Crippen molar-refractivity contribution in [1.82, 2.24) is 15.5 Å². The number of hydrogen-bond donors (Lipinski definition) is 2. The Morgan fingerprint density at radius 2 is 2.16 bits per heavy atom. The van der Waals surface area contributed by atoms with E-state index in [1.807, 2.05) is 0 Å². The van der Waals surface area contributed by atoms with Crippen LogP contribution < -0.4 is 10.6 Å². The smallest absolute Gasteiger partial charge is 0.227 e. The van der Waals surface area contributed by atoms with Gasteiger partial charge in [0.1, 0.15) is 0 Å². The average molecular weight is 267 g/mol. The summed E-state index contributed by atoms with van der Waals surface area (Å²) in [7, 11) is 0. The van der Waals surface area contributed by atoms with Crippen molar-refractivity contribution in [2.24, 2.45) is 11.3 Å². The van der Waals surface area contributed by atoms with Gasteiger partial charge in [0.2, 0.25) is 5.91 Å². The summed E-state index contributed by atoms with van der Waals surface area (Å²) in [6.07, 6.45) is 4.57. The van der Waals surface area contributed by atoms with Gasteiger partial charge in [-0.1, -0.05) is 6.92 Å². The number of rotatable bonds is 4. The minimum Gasteiger partial charge on any atom is -0.355 e. The van der Waals surface area contributed by atoms with Crippen molar-refractivity contribution in [3.05, 3.63) is 0 Å². The Hall–Kier alpha value is -0.610. The predicted molar refractivity (Wildman–Crippen MR) is 78.1 cm³/mol. The van der Waals surface area contributed by atoms with E-state index in [2.05, 4.69) is 29.4 Å². The largest absolute Gasteiger partial charge is 0.355 e. The monoisotopic (exact) mass is 267 g/mol. The Kier molecular flexibility index (Phi) is 5.22. The maximum atomic E-state index is 12.3. The molecule has 110 valence electrons. The van der Waals surface area contributed by atoms with E-state index in [4.69, 9.17) is 0 Å². The number of amides is 1. The number of likely N-dealkylation sites (tertiary alicyclic amines) is 1. The molecule has 1 unspecified atom stereocenters. The standard InChI is InChI=1S/C15H29N3O/c1-3-18-9-5-13(6-10-18)11-17-14(19)15(2)7-4-8-16-12-15/h13,16H,3-12H2,1-2H3,(H,17,19). The van der Waals surface area contributed by atoms with Gasteiger partial charge in [0.25, 0.3) is 0 Å². The molecule has 2 heterocycles. The van der Waals surface area contributed by atoms with Crippen LogP contribution in [0.2, 0.25) is 0 Å². The first-order valence-corrected chi connectivity index (χ1v) is 7.85. The number of hydrogen-bond acceptors (Lipinski definition) is 3. The third-order valence-electron chi connectivity index (χ3n) is 4.85. The summed E-state index contributed by atoms with van der Waals surface area (Å²) < 4.78 is 0. The summed E-state index contributed by atoms with van der Waals surface area (Å²) in [5.74, 6) is 0.921. The van der Waals surface area contributed by atoms with Crippen molar-refractivity contribution in [2.45, 2.75) is 39.5 Å². The summed E-state index contributed by atoms with van der Waals surface area (Å²) in [6, 6.07) is 0. The van der Waals surface area contributed by atoms with Crippen LogP contribution in [0.5, 0.6) is 0 Å². The normalized spacial score (nSPS) is 30.2. The van der Waals surface area contributed by atoms with Crippen LogP contribution in [0.3, 0.4) is 0 Å². The third-order valence-corrected chi connectivity index (χ3v) is 4.85. The number of carbonyl (C=O) groups is 1. The minimum absolute atomic E-state index is 0.192. The molecule has 2 aliphatic heterocycles. The van der Waals surface area contributed by atoms with Crippen molar-refractivity contribution in [3.8, 4) is 0 Å². The van der Waals surface area contributed by atoms with Crippen LogP contribution in [0.15, 0.2) is 0 Å². The number of piperidine rings is 2. The molecule has 0 saturated carbocycles. The predicted octanol–water partition coefficient (Wildman–Crippen LogP) is 1.22. The second-order valence-electron chi connectivity index (χ2n) is 6.43. The highest BCUT2D eigenvalue weighted by Crippen LogP contribution is 2.25. The fourth-order valence-electron chi connectivity index (χ4n) is 3.21. The van der Waals surface area contributed by atoms with Gasteiger partial charge in [-0.15, -0.1) is 0 Å². The molecule has 0 spiro atoms. The Bertz CT molecular complexity index is 292. The van der Waals surface area contributed by atoms with Crippen LogP contribution in [-0.4, -0.2) is 50.1 Å². The lowest BCUT2D eigenvalue weighted by atomic mass is 9.81. The Morgan fingerprint density at radius 3 is 2.74 bits per heavy atom. The van der Waals surface area contributed by atoms with Gasteiger partial charge in [-0.2, -0.15) is 0 Å². The van der Waals surface area contributed by atoms with E-state index in [-0.39, 0.29) is 11.3 Å². The summed E-state index contributed by atoms with van der Waals surface area (Å²) in [5.41, 5.74) is -0.192. The summed E-state index contributed by atoms with van der Waals surface area (Å²) >= 11 is 0. The quantitative estimate of drug-likeness (QED) is 0.805.